The number of fused-ring (bicyclic) bond motifs is 3. The Morgan fingerprint density at radius 2 is 1.61 bits per heavy atom. The fourth-order valence-electron chi connectivity index (χ4n) is 4.62. The van der Waals surface area contributed by atoms with Gasteiger partial charge in [-0.1, -0.05) is 69.3 Å². The minimum absolute atomic E-state index is 0.0481. The molecule has 4 rings (SSSR count). The number of rotatable bonds is 4. The van der Waals surface area contributed by atoms with E-state index in [2.05, 4.69) is 50.4 Å². The molecule has 0 aliphatic heterocycles. The number of aliphatic hydroxyl groups excluding tert-OH is 1. The molecule has 2 aromatic carbocycles. The SMILES string of the molecule is CC(C)(C)C1CC(CO)(NC(=O)OCC2c3ccccc3-c3ccccc32)C1. The lowest BCUT2D eigenvalue weighted by atomic mass is 9.59. The van der Waals surface area contributed by atoms with Crippen molar-refractivity contribution in [3.8, 4) is 11.1 Å². The van der Waals surface area contributed by atoms with E-state index >= 15 is 0 Å². The summed E-state index contributed by atoms with van der Waals surface area (Å²) >= 11 is 0. The van der Waals surface area contributed by atoms with Crippen molar-refractivity contribution in [2.24, 2.45) is 11.3 Å². The van der Waals surface area contributed by atoms with Crippen LogP contribution in [0, 0.1) is 11.3 Å². The molecule has 0 aromatic heterocycles. The van der Waals surface area contributed by atoms with Gasteiger partial charge in [-0.05, 0) is 46.4 Å². The van der Waals surface area contributed by atoms with Gasteiger partial charge >= 0.3 is 6.09 Å². The minimum atomic E-state index is -0.541. The van der Waals surface area contributed by atoms with Crippen molar-refractivity contribution in [3.63, 3.8) is 0 Å². The number of aliphatic hydroxyl groups is 1. The molecule has 2 N–H and O–H groups in total. The number of hydrogen-bond acceptors (Lipinski definition) is 3. The molecule has 0 spiro atoms. The number of alkyl carbamates (subject to hydrolysis) is 1. The van der Waals surface area contributed by atoms with Gasteiger partial charge < -0.3 is 15.2 Å². The number of ether oxygens (including phenoxy) is 1. The Kier molecular flexibility index (Phi) is 4.70. The zero-order chi connectivity index (χ0) is 19.9. The molecule has 4 nitrogen and oxygen atoms in total. The van der Waals surface area contributed by atoms with Crippen LogP contribution in [0.4, 0.5) is 4.79 Å². The van der Waals surface area contributed by atoms with Gasteiger partial charge in [0.25, 0.3) is 0 Å². The summed E-state index contributed by atoms with van der Waals surface area (Å²) in [6, 6.07) is 16.6. The third kappa shape index (κ3) is 3.30. The van der Waals surface area contributed by atoms with E-state index in [1.165, 1.54) is 22.3 Å². The summed E-state index contributed by atoms with van der Waals surface area (Å²) in [4.78, 5) is 12.5. The number of hydrogen-bond donors (Lipinski definition) is 2. The maximum atomic E-state index is 12.5. The second-order valence-corrected chi connectivity index (χ2v) is 9.36. The zero-order valence-corrected chi connectivity index (χ0v) is 16.9. The first-order chi connectivity index (χ1) is 13.3. The Balaban J connectivity index is 1.42. The van der Waals surface area contributed by atoms with E-state index in [1.54, 1.807) is 0 Å². The van der Waals surface area contributed by atoms with E-state index in [9.17, 15) is 9.90 Å². The predicted octanol–water partition coefficient (Wildman–Crippen LogP) is 4.71. The van der Waals surface area contributed by atoms with Crippen LogP contribution in [0.2, 0.25) is 0 Å². The van der Waals surface area contributed by atoms with Crippen molar-refractivity contribution in [2.75, 3.05) is 13.2 Å². The molecule has 0 atom stereocenters. The fourth-order valence-corrected chi connectivity index (χ4v) is 4.62. The average molecular weight is 380 g/mol. The Morgan fingerprint density at radius 1 is 1.07 bits per heavy atom. The van der Waals surface area contributed by atoms with E-state index in [0.717, 1.165) is 12.8 Å². The summed E-state index contributed by atoms with van der Waals surface area (Å²) in [6.45, 7) is 6.85. The zero-order valence-electron chi connectivity index (χ0n) is 16.9. The summed E-state index contributed by atoms with van der Waals surface area (Å²) in [5, 5.41) is 12.8. The number of nitrogens with one attached hydrogen (secondary N) is 1. The standard InChI is InChI=1S/C24H29NO3/c1-23(2,3)16-12-24(13-16,15-26)25-22(27)28-14-21-19-10-6-4-8-17(19)18-9-5-7-11-20(18)21/h4-11,16,21,26H,12-15H2,1-3H3,(H,25,27). The van der Waals surface area contributed by atoms with Crippen molar-refractivity contribution >= 4 is 6.09 Å². The van der Waals surface area contributed by atoms with Crippen LogP contribution >= 0.6 is 0 Å². The number of benzene rings is 2. The van der Waals surface area contributed by atoms with Crippen molar-refractivity contribution in [3.05, 3.63) is 59.7 Å². The molecule has 1 amide bonds. The van der Waals surface area contributed by atoms with Gasteiger partial charge in [-0.3, -0.25) is 0 Å². The maximum Gasteiger partial charge on any atom is 0.407 e. The Hall–Kier alpha value is -2.33. The van der Waals surface area contributed by atoms with Gasteiger partial charge in [-0.2, -0.15) is 0 Å². The molecule has 0 saturated heterocycles. The highest BCUT2D eigenvalue weighted by Crippen LogP contribution is 2.48. The van der Waals surface area contributed by atoms with Crippen LogP contribution < -0.4 is 5.32 Å². The smallest absolute Gasteiger partial charge is 0.407 e. The number of amides is 1. The molecule has 28 heavy (non-hydrogen) atoms. The maximum absolute atomic E-state index is 12.5. The van der Waals surface area contributed by atoms with Crippen molar-refractivity contribution in [2.45, 2.75) is 45.1 Å². The Labute approximate surface area is 166 Å². The van der Waals surface area contributed by atoms with E-state index < -0.39 is 11.6 Å². The van der Waals surface area contributed by atoms with Crippen LogP contribution in [-0.2, 0) is 4.74 Å². The van der Waals surface area contributed by atoms with Crippen LogP contribution in [-0.4, -0.2) is 30.0 Å². The molecule has 2 aliphatic rings. The van der Waals surface area contributed by atoms with Gasteiger partial charge in [-0.25, -0.2) is 4.79 Å². The van der Waals surface area contributed by atoms with Crippen LogP contribution in [0.3, 0.4) is 0 Å². The van der Waals surface area contributed by atoms with E-state index in [1.807, 2.05) is 24.3 Å². The molecular weight excluding hydrogens is 350 g/mol. The number of carbonyl (C=O) groups is 1. The van der Waals surface area contributed by atoms with E-state index in [-0.39, 0.29) is 17.9 Å². The third-order valence-corrected chi connectivity index (χ3v) is 6.51. The number of carbonyl (C=O) groups excluding carboxylic acids is 1. The minimum Gasteiger partial charge on any atom is -0.449 e. The topological polar surface area (TPSA) is 58.6 Å². The molecular formula is C24H29NO3. The van der Waals surface area contributed by atoms with Crippen LogP contribution in [0.15, 0.2) is 48.5 Å². The Bertz CT molecular complexity index is 832. The van der Waals surface area contributed by atoms with E-state index in [0.29, 0.717) is 12.5 Å². The van der Waals surface area contributed by atoms with Gasteiger partial charge in [0, 0.05) is 5.92 Å². The quantitative estimate of drug-likeness (QED) is 0.809. The highest BCUT2D eigenvalue weighted by Gasteiger charge is 2.49. The molecule has 2 aromatic rings. The lowest BCUT2D eigenvalue weighted by Crippen LogP contribution is -2.62. The monoisotopic (exact) mass is 379 g/mol. The third-order valence-electron chi connectivity index (χ3n) is 6.51. The van der Waals surface area contributed by atoms with E-state index in [4.69, 9.17) is 4.74 Å². The second-order valence-electron chi connectivity index (χ2n) is 9.36. The molecule has 1 saturated carbocycles. The first kappa shape index (κ1) is 19.0. The molecule has 4 heteroatoms. The summed E-state index contributed by atoms with van der Waals surface area (Å²) in [5.74, 6) is 0.542. The summed E-state index contributed by atoms with van der Waals surface area (Å²) in [6.07, 6.45) is 1.14. The molecule has 0 radical (unpaired) electrons. The summed E-state index contributed by atoms with van der Waals surface area (Å²) < 4.78 is 5.63. The second kappa shape index (κ2) is 6.93. The van der Waals surface area contributed by atoms with Crippen LogP contribution in [0.5, 0.6) is 0 Å². The van der Waals surface area contributed by atoms with Gasteiger partial charge in [0.05, 0.1) is 12.1 Å². The molecule has 0 bridgehead atoms. The van der Waals surface area contributed by atoms with Crippen LogP contribution in [0.1, 0.15) is 50.7 Å². The summed E-state index contributed by atoms with van der Waals surface area (Å²) in [5.41, 5.74) is 4.47. The fraction of sp³-hybridized carbons (Fsp3) is 0.458. The lowest BCUT2D eigenvalue weighted by Gasteiger charge is -2.51. The van der Waals surface area contributed by atoms with Crippen molar-refractivity contribution in [1.82, 2.24) is 5.32 Å². The van der Waals surface area contributed by atoms with Gasteiger partial charge in [0.2, 0.25) is 0 Å². The molecule has 2 aliphatic carbocycles. The molecule has 0 heterocycles. The molecule has 1 fully saturated rings. The lowest BCUT2D eigenvalue weighted by molar-refractivity contribution is -0.0121. The van der Waals surface area contributed by atoms with Crippen molar-refractivity contribution in [1.29, 1.82) is 0 Å². The first-order valence-electron chi connectivity index (χ1n) is 10.1. The van der Waals surface area contributed by atoms with Crippen LogP contribution in [0.25, 0.3) is 11.1 Å². The Morgan fingerprint density at radius 3 is 2.11 bits per heavy atom. The summed E-state index contributed by atoms with van der Waals surface area (Å²) in [7, 11) is 0. The average Bonchev–Trinajstić information content (AvgIpc) is 2.96. The predicted molar refractivity (Wildman–Crippen MR) is 110 cm³/mol. The normalized spacial score (nSPS) is 23.5. The highest BCUT2D eigenvalue weighted by molar-refractivity contribution is 5.79. The van der Waals surface area contributed by atoms with Gasteiger partial charge in [0.15, 0.2) is 0 Å². The van der Waals surface area contributed by atoms with Gasteiger partial charge in [-0.15, -0.1) is 0 Å². The first-order valence-corrected chi connectivity index (χ1v) is 10.1. The molecule has 148 valence electrons. The van der Waals surface area contributed by atoms with Crippen molar-refractivity contribution < 1.29 is 14.6 Å². The molecule has 0 unspecified atom stereocenters. The largest absolute Gasteiger partial charge is 0.449 e. The van der Waals surface area contributed by atoms with Gasteiger partial charge in [0.1, 0.15) is 6.61 Å². The highest BCUT2D eigenvalue weighted by atomic mass is 16.5.